The van der Waals surface area contributed by atoms with Gasteiger partial charge in [-0.2, -0.15) is 0 Å². The molecule has 0 aromatic heterocycles. The van der Waals surface area contributed by atoms with Crippen LogP contribution in [-0.4, -0.2) is 40.3 Å². The Balaban J connectivity index is 2.07. The van der Waals surface area contributed by atoms with E-state index in [4.69, 9.17) is 9.47 Å². The predicted molar refractivity (Wildman–Crippen MR) is 70.4 cm³/mol. The van der Waals surface area contributed by atoms with E-state index in [9.17, 15) is 15.0 Å². The van der Waals surface area contributed by atoms with E-state index in [0.29, 0.717) is 0 Å². The predicted octanol–water partition coefficient (Wildman–Crippen LogP) is 0.685. The second-order valence-electron chi connectivity index (χ2n) is 5.62. The van der Waals surface area contributed by atoms with Crippen molar-refractivity contribution in [1.29, 1.82) is 0 Å². The zero-order valence-corrected chi connectivity index (χ0v) is 11.4. The molecule has 2 N–H and O–H groups in total. The highest BCUT2D eigenvalue weighted by atomic mass is 16.7. The first kappa shape index (κ1) is 13.5. The van der Waals surface area contributed by atoms with Crippen LogP contribution in [0.25, 0.3) is 0 Å². The van der Waals surface area contributed by atoms with Gasteiger partial charge in [-0.1, -0.05) is 30.4 Å². The quantitative estimate of drug-likeness (QED) is 0.441. The van der Waals surface area contributed by atoms with Gasteiger partial charge in [0.15, 0.2) is 5.79 Å². The Morgan fingerprint density at radius 2 is 2.10 bits per heavy atom. The second kappa shape index (κ2) is 4.28. The van der Waals surface area contributed by atoms with E-state index in [0.717, 1.165) is 0 Å². The van der Waals surface area contributed by atoms with Crippen LogP contribution in [0.3, 0.4) is 0 Å². The van der Waals surface area contributed by atoms with Crippen molar-refractivity contribution in [2.45, 2.75) is 37.9 Å². The monoisotopic (exact) mass is 278 g/mol. The molecular formula is C15H18O5. The topological polar surface area (TPSA) is 76.0 Å². The van der Waals surface area contributed by atoms with Gasteiger partial charge in [-0.05, 0) is 19.9 Å². The molecule has 2 saturated heterocycles. The highest BCUT2D eigenvalue weighted by Gasteiger charge is 2.75. The van der Waals surface area contributed by atoms with Crippen LogP contribution >= 0.6 is 0 Å². The van der Waals surface area contributed by atoms with E-state index in [1.165, 1.54) is 6.92 Å². The van der Waals surface area contributed by atoms with E-state index in [1.807, 2.05) is 37.3 Å². The first-order valence-electron chi connectivity index (χ1n) is 6.71. The molecule has 2 heterocycles. The number of allylic oxidation sites excluding steroid dienone is 5. The second-order valence-corrected chi connectivity index (χ2v) is 5.62. The molecule has 0 aromatic carbocycles. The van der Waals surface area contributed by atoms with Crippen molar-refractivity contribution in [3.63, 3.8) is 0 Å². The Bertz CT molecular complexity index is 518. The van der Waals surface area contributed by atoms with Gasteiger partial charge in [0, 0.05) is 5.92 Å². The molecule has 5 heteroatoms. The zero-order valence-electron chi connectivity index (χ0n) is 11.4. The molecule has 108 valence electrons. The third kappa shape index (κ3) is 1.51. The van der Waals surface area contributed by atoms with E-state index in [-0.39, 0.29) is 5.92 Å². The van der Waals surface area contributed by atoms with Crippen LogP contribution in [0, 0.1) is 11.3 Å². The number of carbonyl (C=O) groups is 1. The van der Waals surface area contributed by atoms with Gasteiger partial charge in [0.05, 0.1) is 0 Å². The van der Waals surface area contributed by atoms with Gasteiger partial charge >= 0.3 is 5.97 Å². The van der Waals surface area contributed by atoms with Crippen molar-refractivity contribution in [2.75, 3.05) is 0 Å². The van der Waals surface area contributed by atoms with Crippen LogP contribution in [0.1, 0.15) is 13.8 Å². The summed E-state index contributed by atoms with van der Waals surface area (Å²) in [5, 5.41) is 20.6. The highest BCUT2D eigenvalue weighted by Crippen LogP contribution is 2.57. The molecule has 3 rings (SSSR count). The lowest BCUT2D eigenvalue weighted by Gasteiger charge is -2.34. The van der Waals surface area contributed by atoms with Gasteiger partial charge in [0.25, 0.3) is 0 Å². The van der Waals surface area contributed by atoms with Gasteiger partial charge in [0.1, 0.15) is 23.7 Å². The van der Waals surface area contributed by atoms with E-state index in [1.54, 1.807) is 6.08 Å². The third-order valence-electron chi connectivity index (χ3n) is 4.37. The number of carbonyl (C=O) groups excluding carboxylic acids is 1. The van der Waals surface area contributed by atoms with Crippen molar-refractivity contribution in [2.24, 2.45) is 11.3 Å². The number of ether oxygens (including phenoxy) is 2. The summed E-state index contributed by atoms with van der Waals surface area (Å²) in [6.45, 7) is 3.26. The molecule has 20 heavy (non-hydrogen) atoms. The summed E-state index contributed by atoms with van der Waals surface area (Å²) in [4.78, 5) is 12.3. The summed E-state index contributed by atoms with van der Waals surface area (Å²) in [5.41, 5.74) is -1.26. The molecule has 2 fully saturated rings. The van der Waals surface area contributed by atoms with E-state index >= 15 is 0 Å². The Kier molecular flexibility index (Phi) is 2.90. The van der Waals surface area contributed by atoms with Crippen LogP contribution in [0.5, 0.6) is 0 Å². The van der Waals surface area contributed by atoms with Crippen LogP contribution in [0.15, 0.2) is 36.5 Å². The lowest BCUT2D eigenvalue weighted by atomic mass is 9.65. The fourth-order valence-corrected chi connectivity index (χ4v) is 3.43. The van der Waals surface area contributed by atoms with E-state index < -0.39 is 35.5 Å². The number of esters is 1. The molecule has 6 atom stereocenters. The molecule has 0 saturated carbocycles. The average molecular weight is 278 g/mol. The van der Waals surface area contributed by atoms with Crippen molar-refractivity contribution in [3.05, 3.63) is 36.5 Å². The van der Waals surface area contributed by atoms with Crippen molar-refractivity contribution in [1.82, 2.24) is 0 Å². The lowest BCUT2D eigenvalue weighted by molar-refractivity contribution is -0.226. The summed E-state index contributed by atoms with van der Waals surface area (Å²) in [6.07, 6.45) is 8.39. The van der Waals surface area contributed by atoms with Crippen molar-refractivity contribution >= 4 is 5.97 Å². The Hall–Kier alpha value is -1.43. The van der Waals surface area contributed by atoms with Crippen molar-refractivity contribution in [3.8, 4) is 0 Å². The highest BCUT2D eigenvalue weighted by molar-refractivity contribution is 5.84. The first-order chi connectivity index (χ1) is 9.44. The number of rotatable bonds is 2. The minimum absolute atomic E-state index is 0.376. The average Bonchev–Trinajstić information content (AvgIpc) is 2.71. The number of hydrogen-bond donors (Lipinski definition) is 2. The normalized spacial score (nSPS) is 50.1. The van der Waals surface area contributed by atoms with Gasteiger partial charge in [-0.3, -0.25) is 4.79 Å². The maximum absolute atomic E-state index is 12.3. The fourth-order valence-electron chi connectivity index (χ4n) is 3.43. The molecule has 5 nitrogen and oxygen atoms in total. The fraction of sp³-hybridized carbons (Fsp3) is 0.533. The standard InChI is InChI=1S/C15H18O5/c1-3-4-5-6-9-7-8-10-11-15(9,13(17)19-10)12(16)14(2,18)20-11/h3-12,16,18H,1-2H3. The molecule has 2 aliphatic heterocycles. The summed E-state index contributed by atoms with van der Waals surface area (Å²) in [5.74, 6) is -2.64. The van der Waals surface area contributed by atoms with Crippen LogP contribution in [0.2, 0.25) is 0 Å². The molecule has 3 aliphatic rings. The summed E-state index contributed by atoms with van der Waals surface area (Å²) in [7, 11) is 0. The number of hydrogen-bond acceptors (Lipinski definition) is 5. The Morgan fingerprint density at radius 1 is 1.35 bits per heavy atom. The maximum atomic E-state index is 12.3. The molecule has 2 bridgehead atoms. The van der Waals surface area contributed by atoms with Gasteiger partial charge < -0.3 is 19.7 Å². The molecule has 1 aliphatic carbocycles. The maximum Gasteiger partial charge on any atom is 0.319 e. The molecule has 0 amide bonds. The minimum atomic E-state index is -1.75. The third-order valence-corrected chi connectivity index (χ3v) is 4.37. The molecule has 0 spiro atoms. The summed E-state index contributed by atoms with van der Waals surface area (Å²) in [6, 6.07) is 0. The van der Waals surface area contributed by atoms with Gasteiger partial charge in [-0.15, -0.1) is 0 Å². The first-order valence-corrected chi connectivity index (χ1v) is 6.71. The van der Waals surface area contributed by atoms with Gasteiger partial charge in [-0.25, -0.2) is 0 Å². The lowest BCUT2D eigenvalue weighted by Crippen LogP contribution is -2.52. The zero-order chi connectivity index (χ0) is 14.5. The van der Waals surface area contributed by atoms with Gasteiger partial charge in [0.2, 0.25) is 0 Å². The number of aliphatic hydroxyl groups excluding tert-OH is 1. The largest absolute Gasteiger partial charge is 0.455 e. The molecular weight excluding hydrogens is 260 g/mol. The molecule has 0 radical (unpaired) electrons. The summed E-state index contributed by atoms with van der Waals surface area (Å²) < 4.78 is 10.8. The molecule has 0 aromatic rings. The van der Waals surface area contributed by atoms with Crippen LogP contribution in [-0.2, 0) is 14.3 Å². The Morgan fingerprint density at radius 3 is 2.80 bits per heavy atom. The Labute approximate surface area is 117 Å². The molecule has 6 unspecified atom stereocenters. The SMILES string of the molecule is CC=CC=CC1C=CC2OC(=O)C13C2OC(C)(O)C3O. The van der Waals surface area contributed by atoms with Crippen molar-refractivity contribution < 1.29 is 24.5 Å². The van der Waals surface area contributed by atoms with E-state index in [2.05, 4.69) is 0 Å². The van der Waals surface area contributed by atoms with Crippen LogP contribution in [0.4, 0.5) is 0 Å². The van der Waals surface area contributed by atoms with Crippen LogP contribution < -0.4 is 0 Å². The number of aliphatic hydroxyl groups is 2. The smallest absolute Gasteiger partial charge is 0.319 e. The minimum Gasteiger partial charge on any atom is -0.455 e. The summed E-state index contributed by atoms with van der Waals surface area (Å²) >= 11 is 0.